The fourth-order valence-corrected chi connectivity index (χ4v) is 1.94. The number of nitrogens with one attached hydrogen (secondary N) is 2. The van der Waals surface area contributed by atoms with Crippen LogP contribution >= 0.6 is 0 Å². The number of aryl methyl sites for hydroxylation is 1. The number of benzene rings is 2. The fraction of sp³-hybridized carbons (Fsp3) is 0.167. The molecule has 0 aliphatic carbocycles. The average molecular weight is 323 g/mol. The summed E-state index contributed by atoms with van der Waals surface area (Å²) in [7, 11) is 0. The molecule has 0 saturated carbocycles. The SMILES string of the molecule is Cc1ccc(CC(=O)NNC(=O)COc2ccccc2C#N)cc1. The Morgan fingerprint density at radius 3 is 2.42 bits per heavy atom. The minimum absolute atomic E-state index is 0.165. The molecule has 2 aromatic carbocycles. The van der Waals surface area contributed by atoms with Crippen molar-refractivity contribution in [1.29, 1.82) is 5.26 Å². The summed E-state index contributed by atoms with van der Waals surface area (Å²) in [6, 6.07) is 16.1. The summed E-state index contributed by atoms with van der Waals surface area (Å²) in [6.45, 7) is 1.66. The van der Waals surface area contributed by atoms with Gasteiger partial charge in [-0.05, 0) is 24.6 Å². The number of nitrogens with zero attached hydrogens (tertiary/aromatic N) is 1. The van der Waals surface area contributed by atoms with Gasteiger partial charge in [0, 0.05) is 0 Å². The molecule has 0 aromatic heterocycles. The number of rotatable bonds is 5. The molecule has 0 aliphatic rings. The lowest BCUT2D eigenvalue weighted by atomic mass is 10.1. The van der Waals surface area contributed by atoms with E-state index >= 15 is 0 Å². The Hall–Kier alpha value is -3.33. The Labute approximate surface area is 140 Å². The van der Waals surface area contributed by atoms with Gasteiger partial charge in [-0.15, -0.1) is 0 Å². The van der Waals surface area contributed by atoms with E-state index in [2.05, 4.69) is 10.9 Å². The number of amides is 2. The van der Waals surface area contributed by atoms with Crippen molar-refractivity contribution >= 4 is 11.8 Å². The van der Waals surface area contributed by atoms with Gasteiger partial charge >= 0.3 is 0 Å². The topological polar surface area (TPSA) is 91.2 Å². The van der Waals surface area contributed by atoms with Gasteiger partial charge in [0.05, 0.1) is 12.0 Å². The number of ether oxygens (including phenoxy) is 1. The maximum atomic E-state index is 11.8. The maximum Gasteiger partial charge on any atom is 0.276 e. The molecule has 0 bridgehead atoms. The molecule has 0 aliphatic heterocycles. The first kappa shape index (κ1) is 17.0. The second-order valence-electron chi connectivity index (χ2n) is 5.16. The van der Waals surface area contributed by atoms with Crippen molar-refractivity contribution in [3.63, 3.8) is 0 Å². The van der Waals surface area contributed by atoms with E-state index in [-0.39, 0.29) is 18.9 Å². The van der Waals surface area contributed by atoms with Crippen molar-refractivity contribution < 1.29 is 14.3 Å². The molecule has 0 spiro atoms. The van der Waals surface area contributed by atoms with Crippen molar-refractivity contribution in [2.45, 2.75) is 13.3 Å². The molecule has 122 valence electrons. The van der Waals surface area contributed by atoms with Gasteiger partial charge in [-0.25, -0.2) is 0 Å². The summed E-state index contributed by atoms with van der Waals surface area (Å²) < 4.78 is 5.27. The lowest BCUT2D eigenvalue weighted by Gasteiger charge is -2.09. The number of hydrogen-bond donors (Lipinski definition) is 2. The first-order chi connectivity index (χ1) is 11.6. The van der Waals surface area contributed by atoms with Gasteiger partial charge < -0.3 is 4.74 Å². The second kappa shape index (κ2) is 8.34. The molecule has 6 heteroatoms. The molecule has 0 atom stereocenters. The first-order valence-corrected chi connectivity index (χ1v) is 7.33. The highest BCUT2D eigenvalue weighted by Crippen LogP contribution is 2.16. The highest BCUT2D eigenvalue weighted by atomic mass is 16.5. The van der Waals surface area contributed by atoms with Crippen molar-refractivity contribution in [2.75, 3.05) is 6.61 Å². The van der Waals surface area contributed by atoms with E-state index in [9.17, 15) is 9.59 Å². The Bertz CT molecular complexity index is 764. The van der Waals surface area contributed by atoms with Crippen molar-refractivity contribution in [1.82, 2.24) is 10.9 Å². The molecule has 0 radical (unpaired) electrons. The smallest absolute Gasteiger partial charge is 0.276 e. The Balaban J connectivity index is 1.75. The van der Waals surface area contributed by atoms with E-state index in [0.29, 0.717) is 11.3 Å². The minimum atomic E-state index is -0.514. The van der Waals surface area contributed by atoms with Crippen LogP contribution in [-0.4, -0.2) is 18.4 Å². The second-order valence-corrected chi connectivity index (χ2v) is 5.16. The molecule has 6 nitrogen and oxygen atoms in total. The summed E-state index contributed by atoms with van der Waals surface area (Å²) in [6.07, 6.45) is 0.165. The van der Waals surface area contributed by atoms with Gasteiger partial charge in [-0.1, -0.05) is 42.0 Å². The number of carbonyl (C=O) groups excluding carboxylic acids is 2. The van der Waals surface area contributed by atoms with Crippen molar-refractivity contribution in [3.05, 3.63) is 65.2 Å². The summed E-state index contributed by atoms with van der Waals surface area (Å²) in [5.74, 6) is -0.522. The third kappa shape index (κ3) is 5.14. The predicted octanol–water partition coefficient (Wildman–Crippen LogP) is 1.64. The van der Waals surface area contributed by atoms with Crippen LogP contribution in [0, 0.1) is 18.3 Å². The highest BCUT2D eigenvalue weighted by Gasteiger charge is 2.08. The van der Waals surface area contributed by atoms with Crippen LogP contribution in [0.4, 0.5) is 0 Å². The molecule has 0 fully saturated rings. The lowest BCUT2D eigenvalue weighted by Crippen LogP contribution is -2.44. The summed E-state index contributed by atoms with van der Waals surface area (Å²) in [5.41, 5.74) is 6.91. The third-order valence-corrected chi connectivity index (χ3v) is 3.19. The largest absolute Gasteiger partial charge is 0.482 e. The molecule has 2 amide bonds. The number of carbonyl (C=O) groups is 2. The lowest BCUT2D eigenvalue weighted by molar-refractivity contribution is -0.129. The number of para-hydroxylation sites is 1. The van der Waals surface area contributed by atoms with Crippen LogP contribution in [0.25, 0.3) is 0 Å². The standard InChI is InChI=1S/C18H17N3O3/c1-13-6-8-14(9-7-13)10-17(22)20-21-18(23)12-24-16-5-3-2-4-15(16)11-19/h2-9H,10,12H2,1H3,(H,20,22)(H,21,23). The summed E-state index contributed by atoms with van der Waals surface area (Å²) in [4.78, 5) is 23.5. The van der Waals surface area contributed by atoms with Crippen LogP contribution in [0.1, 0.15) is 16.7 Å². The van der Waals surface area contributed by atoms with Gasteiger partial charge in [0.25, 0.3) is 5.91 Å². The zero-order chi connectivity index (χ0) is 17.4. The van der Waals surface area contributed by atoms with E-state index in [0.717, 1.165) is 11.1 Å². The fourth-order valence-electron chi connectivity index (χ4n) is 1.94. The molecule has 0 unspecified atom stereocenters. The Kier molecular flexibility index (Phi) is 5.92. The van der Waals surface area contributed by atoms with Crippen LogP contribution in [0.3, 0.4) is 0 Å². The monoisotopic (exact) mass is 323 g/mol. The molecule has 24 heavy (non-hydrogen) atoms. The molecule has 2 aromatic rings. The van der Waals surface area contributed by atoms with Crippen molar-refractivity contribution in [2.24, 2.45) is 0 Å². The normalized spacial score (nSPS) is 9.67. The average Bonchev–Trinajstić information content (AvgIpc) is 2.60. The van der Waals surface area contributed by atoms with E-state index < -0.39 is 5.91 Å². The Morgan fingerprint density at radius 1 is 1.04 bits per heavy atom. The van der Waals surface area contributed by atoms with Gasteiger partial charge in [0.2, 0.25) is 5.91 Å². The van der Waals surface area contributed by atoms with Crippen LogP contribution in [0.15, 0.2) is 48.5 Å². The van der Waals surface area contributed by atoms with Crippen LogP contribution in [-0.2, 0) is 16.0 Å². The summed E-state index contributed by atoms with van der Waals surface area (Å²) >= 11 is 0. The molecule has 0 saturated heterocycles. The summed E-state index contributed by atoms with van der Waals surface area (Å²) in [5, 5.41) is 8.93. The van der Waals surface area contributed by atoms with Crippen LogP contribution < -0.4 is 15.6 Å². The van der Waals surface area contributed by atoms with Gasteiger partial charge in [0.1, 0.15) is 11.8 Å². The number of nitriles is 1. The highest BCUT2D eigenvalue weighted by molar-refractivity contribution is 5.83. The van der Waals surface area contributed by atoms with E-state index in [1.54, 1.807) is 24.3 Å². The molecule has 2 rings (SSSR count). The molecular formula is C18H17N3O3. The van der Waals surface area contributed by atoms with Crippen LogP contribution in [0.2, 0.25) is 0 Å². The van der Waals surface area contributed by atoms with Gasteiger partial charge in [-0.3, -0.25) is 20.4 Å². The van der Waals surface area contributed by atoms with E-state index in [1.807, 2.05) is 37.3 Å². The minimum Gasteiger partial charge on any atom is -0.482 e. The first-order valence-electron chi connectivity index (χ1n) is 7.33. The maximum absolute atomic E-state index is 11.8. The van der Waals surface area contributed by atoms with Crippen molar-refractivity contribution in [3.8, 4) is 11.8 Å². The van der Waals surface area contributed by atoms with Gasteiger partial charge in [0.15, 0.2) is 6.61 Å². The molecule has 2 N–H and O–H groups in total. The zero-order valence-corrected chi connectivity index (χ0v) is 13.2. The Morgan fingerprint density at radius 2 is 1.71 bits per heavy atom. The molecule has 0 heterocycles. The molecular weight excluding hydrogens is 306 g/mol. The van der Waals surface area contributed by atoms with E-state index in [4.69, 9.17) is 10.00 Å². The predicted molar refractivity (Wildman–Crippen MR) is 87.8 cm³/mol. The quantitative estimate of drug-likeness (QED) is 0.818. The number of hydrazine groups is 1. The van der Waals surface area contributed by atoms with Crippen LogP contribution in [0.5, 0.6) is 5.75 Å². The van der Waals surface area contributed by atoms with Gasteiger partial charge in [-0.2, -0.15) is 5.26 Å². The zero-order valence-electron chi connectivity index (χ0n) is 13.2. The van der Waals surface area contributed by atoms with E-state index in [1.165, 1.54) is 0 Å². The number of hydrogen-bond acceptors (Lipinski definition) is 4. The third-order valence-electron chi connectivity index (χ3n) is 3.19.